The Hall–Kier alpha value is -1.37. The second-order valence-electron chi connectivity index (χ2n) is 3.18. The summed E-state index contributed by atoms with van der Waals surface area (Å²) >= 11 is 0. The van der Waals surface area contributed by atoms with Crippen molar-refractivity contribution in [3.05, 3.63) is 0 Å². The van der Waals surface area contributed by atoms with E-state index in [1.807, 2.05) is 0 Å². The van der Waals surface area contributed by atoms with Crippen LogP contribution in [0.15, 0.2) is 0 Å². The number of carbonyl (C=O) groups is 2. The topological polar surface area (TPSA) is 78.2 Å². The van der Waals surface area contributed by atoms with E-state index in [9.17, 15) is 9.59 Å². The molecule has 4 heteroatoms. The van der Waals surface area contributed by atoms with Crippen molar-refractivity contribution in [3.8, 4) is 6.07 Å². The number of nitrogens with zero attached hydrogens (tertiary/aromatic N) is 1. The molecule has 0 saturated heterocycles. The zero-order valence-corrected chi connectivity index (χ0v) is 7.29. The highest BCUT2D eigenvalue weighted by Crippen LogP contribution is 2.27. The van der Waals surface area contributed by atoms with Gasteiger partial charge in [-0.1, -0.05) is 13.8 Å². The van der Waals surface area contributed by atoms with Gasteiger partial charge in [0.05, 0.1) is 6.07 Å². The van der Waals surface area contributed by atoms with E-state index in [-0.39, 0.29) is 5.78 Å². The van der Waals surface area contributed by atoms with Gasteiger partial charge >= 0.3 is 5.97 Å². The third kappa shape index (κ3) is 1.82. The van der Waals surface area contributed by atoms with Crippen LogP contribution in [0.5, 0.6) is 0 Å². The second-order valence-corrected chi connectivity index (χ2v) is 3.18. The van der Waals surface area contributed by atoms with E-state index in [0.717, 1.165) is 0 Å². The maximum absolute atomic E-state index is 11.0. The predicted octanol–water partition coefficient (Wildman–Crippen LogP) is 0.826. The van der Waals surface area contributed by atoms with E-state index in [0.29, 0.717) is 0 Å². The highest BCUT2D eigenvalue weighted by molar-refractivity contribution is 5.88. The van der Waals surface area contributed by atoms with Crippen molar-refractivity contribution in [3.63, 3.8) is 0 Å². The molecule has 4 nitrogen and oxygen atoms in total. The monoisotopic (exact) mass is 169 g/mol. The lowest BCUT2D eigenvalue weighted by Gasteiger charge is -2.22. The first-order valence-corrected chi connectivity index (χ1v) is 3.47. The summed E-state index contributed by atoms with van der Waals surface area (Å²) in [5, 5.41) is 17.1. The first-order chi connectivity index (χ1) is 5.34. The summed E-state index contributed by atoms with van der Waals surface area (Å²) in [5.74, 6) is -2.82. The van der Waals surface area contributed by atoms with Crippen molar-refractivity contribution in [1.82, 2.24) is 0 Å². The van der Waals surface area contributed by atoms with Crippen molar-refractivity contribution in [2.24, 2.45) is 11.3 Å². The van der Waals surface area contributed by atoms with Crippen LogP contribution in [-0.4, -0.2) is 16.9 Å². The van der Waals surface area contributed by atoms with Gasteiger partial charge in [0.15, 0.2) is 5.92 Å². The van der Waals surface area contributed by atoms with Gasteiger partial charge in [-0.25, -0.2) is 0 Å². The van der Waals surface area contributed by atoms with Gasteiger partial charge in [-0.05, 0) is 6.92 Å². The largest absolute Gasteiger partial charge is 0.480 e. The SMILES string of the molecule is CC(=O)C(C)(C)C(C#N)C(=O)O. The Balaban J connectivity index is 4.87. The Morgan fingerprint density at radius 2 is 1.92 bits per heavy atom. The lowest BCUT2D eigenvalue weighted by atomic mass is 9.77. The van der Waals surface area contributed by atoms with Crippen LogP contribution in [0.3, 0.4) is 0 Å². The first kappa shape index (κ1) is 10.6. The molecule has 0 spiro atoms. The Morgan fingerprint density at radius 1 is 1.50 bits per heavy atom. The van der Waals surface area contributed by atoms with Gasteiger partial charge in [0.25, 0.3) is 0 Å². The fourth-order valence-electron chi connectivity index (χ4n) is 0.729. The summed E-state index contributed by atoms with van der Waals surface area (Å²) in [7, 11) is 0. The van der Waals surface area contributed by atoms with Crippen molar-refractivity contribution in [2.45, 2.75) is 20.8 Å². The highest BCUT2D eigenvalue weighted by Gasteiger charge is 2.39. The lowest BCUT2D eigenvalue weighted by molar-refractivity contribution is -0.147. The normalized spacial score (nSPS) is 13.2. The molecular weight excluding hydrogens is 158 g/mol. The Labute approximate surface area is 70.8 Å². The van der Waals surface area contributed by atoms with Crippen molar-refractivity contribution in [1.29, 1.82) is 5.26 Å². The van der Waals surface area contributed by atoms with Crippen LogP contribution in [0.25, 0.3) is 0 Å². The third-order valence-corrected chi connectivity index (χ3v) is 2.01. The zero-order chi connectivity index (χ0) is 9.94. The summed E-state index contributed by atoms with van der Waals surface area (Å²) in [6, 6.07) is 1.60. The van der Waals surface area contributed by atoms with Crippen LogP contribution in [0.1, 0.15) is 20.8 Å². The van der Waals surface area contributed by atoms with Crippen LogP contribution in [0.4, 0.5) is 0 Å². The van der Waals surface area contributed by atoms with E-state index < -0.39 is 17.3 Å². The summed E-state index contributed by atoms with van der Waals surface area (Å²) in [6.45, 7) is 4.20. The molecule has 66 valence electrons. The summed E-state index contributed by atoms with van der Waals surface area (Å²) in [4.78, 5) is 21.5. The molecule has 0 radical (unpaired) electrons. The number of carboxylic acids is 1. The smallest absolute Gasteiger partial charge is 0.321 e. The van der Waals surface area contributed by atoms with Gasteiger partial charge < -0.3 is 5.11 Å². The van der Waals surface area contributed by atoms with Crippen LogP contribution in [0, 0.1) is 22.7 Å². The molecule has 0 aromatic heterocycles. The molecule has 1 atom stereocenters. The standard InChI is InChI=1S/C8H11NO3/c1-5(10)8(2,3)6(4-9)7(11)12/h6H,1-3H3,(H,11,12). The van der Waals surface area contributed by atoms with Crippen LogP contribution in [-0.2, 0) is 9.59 Å². The van der Waals surface area contributed by atoms with Gasteiger partial charge in [-0.3, -0.25) is 9.59 Å². The second kappa shape index (κ2) is 3.35. The van der Waals surface area contributed by atoms with Crippen LogP contribution in [0.2, 0.25) is 0 Å². The first-order valence-electron chi connectivity index (χ1n) is 3.47. The molecule has 0 aliphatic rings. The molecule has 0 fully saturated rings. The number of nitriles is 1. The summed E-state index contributed by atoms with van der Waals surface area (Å²) in [6.07, 6.45) is 0. The summed E-state index contributed by atoms with van der Waals surface area (Å²) < 4.78 is 0. The fraction of sp³-hybridized carbons (Fsp3) is 0.625. The van der Waals surface area contributed by atoms with Gasteiger partial charge in [0.2, 0.25) is 0 Å². The average Bonchev–Trinajstić information content (AvgIpc) is 1.86. The molecule has 0 amide bonds. The molecule has 0 bridgehead atoms. The van der Waals surface area contributed by atoms with Crippen LogP contribution >= 0.6 is 0 Å². The van der Waals surface area contributed by atoms with Crippen molar-refractivity contribution >= 4 is 11.8 Å². The van der Waals surface area contributed by atoms with E-state index in [1.165, 1.54) is 20.8 Å². The van der Waals surface area contributed by atoms with Gasteiger partial charge in [-0.2, -0.15) is 5.26 Å². The predicted molar refractivity (Wildman–Crippen MR) is 41.2 cm³/mol. The van der Waals surface area contributed by atoms with Gasteiger partial charge in [0, 0.05) is 5.41 Å². The molecule has 0 saturated carbocycles. The molecule has 0 heterocycles. The molecule has 12 heavy (non-hydrogen) atoms. The van der Waals surface area contributed by atoms with E-state index in [1.54, 1.807) is 6.07 Å². The number of carbonyl (C=O) groups excluding carboxylic acids is 1. The van der Waals surface area contributed by atoms with Crippen LogP contribution < -0.4 is 0 Å². The minimum Gasteiger partial charge on any atom is -0.480 e. The number of hydrogen-bond acceptors (Lipinski definition) is 3. The minimum atomic E-state index is -1.27. The Morgan fingerprint density at radius 3 is 2.00 bits per heavy atom. The molecule has 0 rings (SSSR count). The Kier molecular flexibility index (Phi) is 2.97. The number of ketones is 1. The lowest BCUT2D eigenvalue weighted by Crippen LogP contribution is -2.35. The molecule has 0 aliphatic heterocycles. The fourth-order valence-corrected chi connectivity index (χ4v) is 0.729. The van der Waals surface area contributed by atoms with E-state index in [4.69, 9.17) is 10.4 Å². The highest BCUT2D eigenvalue weighted by atomic mass is 16.4. The van der Waals surface area contributed by atoms with Crippen molar-refractivity contribution in [2.75, 3.05) is 0 Å². The molecule has 1 N–H and O–H groups in total. The maximum atomic E-state index is 11.0. The number of rotatable bonds is 3. The molecular formula is C8H11NO3. The van der Waals surface area contributed by atoms with E-state index >= 15 is 0 Å². The molecule has 1 unspecified atom stereocenters. The summed E-state index contributed by atoms with van der Waals surface area (Å²) in [5.41, 5.74) is -1.11. The van der Waals surface area contributed by atoms with E-state index in [2.05, 4.69) is 0 Å². The quantitative estimate of drug-likeness (QED) is 0.678. The molecule has 0 aliphatic carbocycles. The van der Waals surface area contributed by atoms with Gasteiger partial charge in [0.1, 0.15) is 5.78 Å². The number of hydrogen-bond donors (Lipinski definition) is 1. The Bertz CT molecular complexity index is 250. The number of Topliss-reactive ketones (excluding diaryl/α,β-unsaturated/α-hetero) is 1. The maximum Gasteiger partial charge on any atom is 0.321 e. The molecule has 0 aromatic rings. The van der Waals surface area contributed by atoms with Gasteiger partial charge in [-0.15, -0.1) is 0 Å². The minimum absolute atomic E-state index is 0.295. The van der Waals surface area contributed by atoms with Crippen molar-refractivity contribution < 1.29 is 14.7 Å². The zero-order valence-electron chi connectivity index (χ0n) is 7.29. The third-order valence-electron chi connectivity index (χ3n) is 2.01. The average molecular weight is 169 g/mol. The number of carboxylic acid groups (broad SMARTS) is 1. The molecule has 0 aromatic carbocycles. The number of aliphatic carboxylic acids is 1.